The van der Waals surface area contributed by atoms with Gasteiger partial charge in [0.15, 0.2) is 11.9 Å². The van der Waals surface area contributed by atoms with Crippen LogP contribution in [0.5, 0.6) is 11.5 Å². The zero-order valence-electron chi connectivity index (χ0n) is 13.6. The monoisotopic (exact) mass is 382 g/mol. The van der Waals surface area contributed by atoms with Crippen molar-refractivity contribution < 1.29 is 24.2 Å². The van der Waals surface area contributed by atoms with Gasteiger partial charge in [0, 0.05) is 5.56 Å². The molecule has 2 aromatic rings. The number of ether oxygens (including phenoxy) is 2. The van der Waals surface area contributed by atoms with Gasteiger partial charge in [-0.1, -0.05) is 23.2 Å². The van der Waals surface area contributed by atoms with Crippen molar-refractivity contribution in [2.75, 3.05) is 6.61 Å². The van der Waals surface area contributed by atoms with Crippen molar-refractivity contribution in [3.8, 4) is 11.5 Å². The van der Waals surface area contributed by atoms with E-state index in [1.54, 1.807) is 24.3 Å². The third kappa shape index (κ3) is 4.65. The van der Waals surface area contributed by atoms with Gasteiger partial charge in [-0.25, -0.2) is 4.79 Å². The first-order valence-corrected chi connectivity index (χ1v) is 8.25. The Labute approximate surface area is 155 Å². The average molecular weight is 383 g/mol. The minimum atomic E-state index is -1.00. The molecule has 1 N–H and O–H groups in total. The van der Waals surface area contributed by atoms with E-state index in [4.69, 9.17) is 32.7 Å². The summed E-state index contributed by atoms with van der Waals surface area (Å²) < 4.78 is 10.5. The number of esters is 1. The molecule has 2 rings (SSSR count). The highest BCUT2D eigenvalue weighted by Gasteiger charge is 2.21. The minimum Gasteiger partial charge on any atom is -0.505 e. The fourth-order valence-corrected chi connectivity index (χ4v) is 2.57. The average Bonchev–Trinajstić information content (AvgIpc) is 2.59. The van der Waals surface area contributed by atoms with Crippen molar-refractivity contribution in [3.63, 3.8) is 0 Å². The highest BCUT2D eigenvalue weighted by atomic mass is 35.5. The number of benzene rings is 2. The second-order valence-corrected chi connectivity index (χ2v) is 5.97. The minimum absolute atomic E-state index is 0.0409. The van der Waals surface area contributed by atoms with E-state index < -0.39 is 12.1 Å². The molecule has 0 aliphatic rings. The maximum atomic E-state index is 12.4. The number of phenols is 1. The van der Waals surface area contributed by atoms with Crippen LogP contribution in [0.25, 0.3) is 0 Å². The van der Waals surface area contributed by atoms with E-state index in [9.17, 15) is 14.7 Å². The summed E-state index contributed by atoms with van der Waals surface area (Å²) in [6, 6.07) is 8.99. The van der Waals surface area contributed by atoms with Crippen LogP contribution in [0.2, 0.25) is 10.0 Å². The Morgan fingerprint density at radius 1 is 1.08 bits per heavy atom. The molecule has 0 spiro atoms. The molecule has 0 aliphatic carbocycles. The summed E-state index contributed by atoms with van der Waals surface area (Å²) in [7, 11) is 0. The third-order valence-electron chi connectivity index (χ3n) is 3.36. The molecule has 0 amide bonds. The number of halogens is 2. The second-order valence-electron chi connectivity index (χ2n) is 5.16. The Morgan fingerprint density at radius 2 is 1.64 bits per heavy atom. The van der Waals surface area contributed by atoms with Crippen LogP contribution in [0, 0.1) is 0 Å². The maximum absolute atomic E-state index is 12.4. The lowest BCUT2D eigenvalue weighted by Gasteiger charge is -2.13. The van der Waals surface area contributed by atoms with Gasteiger partial charge in [-0.05, 0) is 50.2 Å². The fourth-order valence-electron chi connectivity index (χ4n) is 2.08. The first-order valence-electron chi connectivity index (χ1n) is 7.49. The molecule has 0 unspecified atom stereocenters. The molecule has 132 valence electrons. The predicted octanol–water partition coefficient (Wildman–Crippen LogP) is 4.53. The summed E-state index contributed by atoms with van der Waals surface area (Å²) in [6.45, 7) is 3.86. The molecular formula is C18H16Cl2O5. The van der Waals surface area contributed by atoms with Gasteiger partial charge < -0.3 is 14.6 Å². The molecule has 1 atom stereocenters. The van der Waals surface area contributed by atoms with Gasteiger partial charge in [0.25, 0.3) is 0 Å². The lowest BCUT2D eigenvalue weighted by atomic mass is 10.1. The molecule has 7 heteroatoms. The van der Waals surface area contributed by atoms with Crippen LogP contribution >= 0.6 is 23.2 Å². The highest BCUT2D eigenvalue weighted by molar-refractivity contribution is 6.37. The van der Waals surface area contributed by atoms with Gasteiger partial charge in [0.05, 0.1) is 22.2 Å². The molecule has 0 bridgehead atoms. The van der Waals surface area contributed by atoms with Crippen molar-refractivity contribution in [1.82, 2.24) is 0 Å². The molecule has 0 heterocycles. The number of Topliss-reactive ketones (excluding diaryl/α,β-unsaturated/α-hetero) is 1. The van der Waals surface area contributed by atoms with Gasteiger partial charge in [-0.2, -0.15) is 0 Å². The van der Waals surface area contributed by atoms with Crippen molar-refractivity contribution in [2.45, 2.75) is 20.0 Å². The Kier molecular flexibility index (Phi) is 6.28. The quantitative estimate of drug-likeness (QED) is 0.586. The molecular weight excluding hydrogens is 367 g/mol. The molecule has 0 saturated carbocycles. The second kappa shape index (κ2) is 8.23. The van der Waals surface area contributed by atoms with E-state index in [1.807, 2.05) is 6.92 Å². The van der Waals surface area contributed by atoms with Crippen molar-refractivity contribution in [3.05, 3.63) is 57.6 Å². The van der Waals surface area contributed by atoms with Crippen LogP contribution in [0.1, 0.15) is 34.6 Å². The number of carbonyl (C=O) groups excluding carboxylic acids is 2. The zero-order valence-corrected chi connectivity index (χ0v) is 15.1. The maximum Gasteiger partial charge on any atom is 0.338 e. The van der Waals surface area contributed by atoms with Crippen molar-refractivity contribution >= 4 is 35.0 Å². The molecule has 0 fully saturated rings. The van der Waals surface area contributed by atoms with Gasteiger partial charge >= 0.3 is 5.97 Å². The molecule has 25 heavy (non-hydrogen) atoms. The number of hydrogen-bond donors (Lipinski definition) is 1. The molecule has 0 radical (unpaired) electrons. The van der Waals surface area contributed by atoms with E-state index in [-0.39, 0.29) is 27.1 Å². The van der Waals surface area contributed by atoms with Crippen LogP contribution in [0.3, 0.4) is 0 Å². The van der Waals surface area contributed by atoms with Crippen LogP contribution in [0.15, 0.2) is 36.4 Å². The van der Waals surface area contributed by atoms with Crippen LogP contribution in [-0.4, -0.2) is 29.6 Å². The zero-order chi connectivity index (χ0) is 18.6. The standard InChI is InChI=1S/C18H16Cl2O5/c1-3-24-13-6-4-11(5-7-13)16(21)10(2)25-18(23)12-8-14(19)17(22)15(20)9-12/h4-10,22H,3H2,1-2H3/t10-/m0/s1. The fraction of sp³-hybridized carbons (Fsp3) is 0.222. The molecule has 0 aliphatic heterocycles. The van der Waals surface area contributed by atoms with Crippen molar-refractivity contribution in [2.24, 2.45) is 0 Å². The number of hydrogen-bond acceptors (Lipinski definition) is 5. The summed E-state index contributed by atoms with van der Waals surface area (Å²) in [4.78, 5) is 24.5. The first-order chi connectivity index (χ1) is 11.8. The first kappa shape index (κ1) is 19.1. The van der Waals surface area contributed by atoms with Crippen LogP contribution in [-0.2, 0) is 4.74 Å². The lowest BCUT2D eigenvalue weighted by molar-refractivity contribution is 0.0319. The van der Waals surface area contributed by atoms with Gasteiger partial charge in [-0.15, -0.1) is 0 Å². The topological polar surface area (TPSA) is 72.8 Å². The normalized spacial score (nSPS) is 11.7. The summed E-state index contributed by atoms with van der Waals surface area (Å²) in [6.07, 6.45) is -1.00. The predicted molar refractivity (Wildman–Crippen MR) is 94.9 cm³/mol. The lowest BCUT2D eigenvalue weighted by Crippen LogP contribution is -2.24. The molecule has 2 aromatic carbocycles. The van der Waals surface area contributed by atoms with E-state index in [2.05, 4.69) is 0 Å². The van der Waals surface area contributed by atoms with Crippen LogP contribution < -0.4 is 4.74 Å². The van der Waals surface area contributed by atoms with Crippen LogP contribution in [0.4, 0.5) is 0 Å². The summed E-state index contributed by atoms with van der Waals surface area (Å²) >= 11 is 11.6. The third-order valence-corrected chi connectivity index (χ3v) is 3.93. The van der Waals surface area contributed by atoms with E-state index in [1.165, 1.54) is 19.1 Å². The van der Waals surface area contributed by atoms with E-state index in [0.717, 1.165) is 0 Å². The van der Waals surface area contributed by atoms with Gasteiger partial charge in [0.2, 0.25) is 5.78 Å². The molecule has 0 saturated heterocycles. The van der Waals surface area contributed by atoms with Gasteiger partial charge in [0.1, 0.15) is 5.75 Å². The number of phenolic OH excluding ortho intramolecular Hbond substituents is 1. The number of ketones is 1. The van der Waals surface area contributed by atoms with Crippen molar-refractivity contribution in [1.29, 1.82) is 0 Å². The van der Waals surface area contributed by atoms with Gasteiger partial charge in [-0.3, -0.25) is 4.79 Å². The van der Waals surface area contributed by atoms with E-state index >= 15 is 0 Å². The Hall–Kier alpha value is -2.24. The Bertz CT molecular complexity index is 764. The Balaban J connectivity index is 2.09. The summed E-state index contributed by atoms with van der Waals surface area (Å²) in [5.41, 5.74) is 0.435. The molecule has 5 nitrogen and oxygen atoms in total. The SMILES string of the molecule is CCOc1ccc(C(=O)[C@H](C)OC(=O)c2cc(Cl)c(O)c(Cl)c2)cc1. The smallest absolute Gasteiger partial charge is 0.338 e. The Morgan fingerprint density at radius 3 is 2.16 bits per heavy atom. The van der Waals surface area contributed by atoms with E-state index in [0.29, 0.717) is 17.9 Å². The summed E-state index contributed by atoms with van der Waals surface area (Å²) in [5, 5.41) is 9.35. The number of aromatic hydroxyl groups is 1. The largest absolute Gasteiger partial charge is 0.505 e. The number of rotatable bonds is 6. The molecule has 0 aromatic heterocycles. The summed E-state index contributed by atoms with van der Waals surface area (Å²) in [5.74, 6) is -0.793. The number of carbonyl (C=O) groups is 2. The highest BCUT2D eigenvalue weighted by Crippen LogP contribution is 2.33.